The van der Waals surface area contributed by atoms with E-state index in [-0.39, 0.29) is 5.41 Å². The van der Waals surface area contributed by atoms with Gasteiger partial charge in [0, 0.05) is 25.1 Å². The summed E-state index contributed by atoms with van der Waals surface area (Å²) in [6.45, 7) is 5.20. The Bertz CT molecular complexity index is 266. The Morgan fingerprint density at radius 2 is 1.70 bits per heavy atom. The van der Waals surface area contributed by atoms with E-state index in [1.165, 1.54) is 71.0 Å². The van der Waals surface area contributed by atoms with Crippen molar-refractivity contribution >= 4 is 0 Å². The van der Waals surface area contributed by atoms with Crippen LogP contribution in [0.15, 0.2) is 0 Å². The summed E-state index contributed by atoms with van der Waals surface area (Å²) in [5.74, 6) is 0.859. The Morgan fingerprint density at radius 3 is 2.25 bits per heavy atom. The highest BCUT2D eigenvalue weighted by atomic mass is 16.3. The van der Waals surface area contributed by atoms with Gasteiger partial charge in [-0.1, -0.05) is 25.7 Å². The van der Waals surface area contributed by atoms with E-state index in [9.17, 15) is 5.11 Å². The third kappa shape index (κ3) is 4.71. The maximum absolute atomic E-state index is 9.92. The van der Waals surface area contributed by atoms with Gasteiger partial charge in [0.25, 0.3) is 0 Å². The van der Waals surface area contributed by atoms with Crippen molar-refractivity contribution in [1.29, 1.82) is 0 Å². The number of rotatable bonds is 5. The summed E-state index contributed by atoms with van der Waals surface area (Å²) in [4.78, 5) is 4.95. The molecule has 0 atom stereocenters. The Hall–Kier alpha value is -0.120. The zero-order valence-corrected chi connectivity index (χ0v) is 13.6. The SMILES string of the molecule is CN1CCC(CN(C)CC2(CO)CCCCCC2)CC1. The zero-order chi connectivity index (χ0) is 14.4. The molecule has 2 fully saturated rings. The molecule has 3 nitrogen and oxygen atoms in total. The molecular weight excluding hydrogens is 248 g/mol. The molecule has 0 bridgehead atoms. The van der Waals surface area contributed by atoms with Crippen molar-refractivity contribution in [3.05, 3.63) is 0 Å². The summed E-state index contributed by atoms with van der Waals surface area (Å²) in [5, 5.41) is 9.92. The number of nitrogens with zero attached hydrogens (tertiary/aromatic N) is 2. The van der Waals surface area contributed by atoms with Gasteiger partial charge in [0.2, 0.25) is 0 Å². The summed E-state index contributed by atoms with van der Waals surface area (Å²) >= 11 is 0. The molecule has 1 saturated heterocycles. The van der Waals surface area contributed by atoms with E-state index in [0.717, 1.165) is 12.5 Å². The molecule has 3 heteroatoms. The van der Waals surface area contributed by atoms with E-state index in [0.29, 0.717) is 6.61 Å². The first-order valence-corrected chi connectivity index (χ1v) is 8.61. The van der Waals surface area contributed by atoms with Crippen molar-refractivity contribution in [3.63, 3.8) is 0 Å². The second-order valence-electron chi connectivity index (χ2n) is 7.52. The lowest BCUT2D eigenvalue weighted by molar-refractivity contribution is 0.0584. The second kappa shape index (κ2) is 7.77. The van der Waals surface area contributed by atoms with Crippen LogP contribution in [0.3, 0.4) is 0 Å². The minimum Gasteiger partial charge on any atom is -0.396 e. The molecular formula is C17H34N2O. The molecule has 1 aliphatic carbocycles. The molecule has 0 aromatic carbocycles. The summed E-state index contributed by atoms with van der Waals surface area (Å²) < 4.78 is 0. The quantitative estimate of drug-likeness (QED) is 0.785. The van der Waals surface area contributed by atoms with Crippen molar-refractivity contribution in [2.24, 2.45) is 11.3 Å². The van der Waals surface area contributed by atoms with Crippen LogP contribution >= 0.6 is 0 Å². The van der Waals surface area contributed by atoms with Gasteiger partial charge >= 0.3 is 0 Å². The Kier molecular flexibility index (Phi) is 6.31. The number of hydrogen-bond donors (Lipinski definition) is 1. The van der Waals surface area contributed by atoms with Crippen LogP contribution in [0.2, 0.25) is 0 Å². The van der Waals surface area contributed by atoms with Crippen LogP contribution < -0.4 is 0 Å². The monoisotopic (exact) mass is 282 g/mol. The molecule has 0 aromatic rings. The average Bonchev–Trinajstić information content (AvgIpc) is 2.67. The first-order valence-electron chi connectivity index (χ1n) is 8.61. The number of hydrogen-bond acceptors (Lipinski definition) is 3. The predicted octanol–water partition coefficient (Wildman–Crippen LogP) is 2.59. The summed E-state index contributed by atoms with van der Waals surface area (Å²) in [7, 11) is 4.49. The third-order valence-electron chi connectivity index (χ3n) is 5.51. The van der Waals surface area contributed by atoms with E-state index >= 15 is 0 Å². The van der Waals surface area contributed by atoms with Crippen LogP contribution in [0.25, 0.3) is 0 Å². The van der Waals surface area contributed by atoms with Gasteiger partial charge in [0.15, 0.2) is 0 Å². The second-order valence-corrected chi connectivity index (χ2v) is 7.52. The molecule has 0 unspecified atom stereocenters. The molecule has 0 radical (unpaired) electrons. The van der Waals surface area contributed by atoms with E-state index < -0.39 is 0 Å². The largest absolute Gasteiger partial charge is 0.396 e. The average molecular weight is 282 g/mol. The highest BCUT2D eigenvalue weighted by molar-refractivity contribution is 4.84. The fourth-order valence-corrected chi connectivity index (χ4v) is 4.17. The molecule has 1 heterocycles. The van der Waals surface area contributed by atoms with Gasteiger partial charge in [-0.25, -0.2) is 0 Å². The van der Waals surface area contributed by atoms with Crippen LogP contribution in [0, 0.1) is 11.3 Å². The lowest BCUT2D eigenvalue weighted by Gasteiger charge is -2.37. The van der Waals surface area contributed by atoms with Crippen molar-refractivity contribution < 1.29 is 5.11 Å². The minimum atomic E-state index is 0.191. The fourth-order valence-electron chi connectivity index (χ4n) is 4.17. The van der Waals surface area contributed by atoms with E-state index in [4.69, 9.17) is 0 Å². The summed E-state index contributed by atoms with van der Waals surface area (Å²) in [6, 6.07) is 0. The smallest absolute Gasteiger partial charge is 0.0499 e. The molecule has 2 aliphatic rings. The molecule has 0 spiro atoms. The van der Waals surface area contributed by atoms with Gasteiger partial charge in [-0.05, 0) is 58.8 Å². The molecule has 1 N–H and O–H groups in total. The van der Waals surface area contributed by atoms with Crippen LogP contribution in [0.4, 0.5) is 0 Å². The maximum Gasteiger partial charge on any atom is 0.0499 e. The number of likely N-dealkylation sites (tertiary alicyclic amines) is 1. The molecule has 1 aliphatic heterocycles. The van der Waals surface area contributed by atoms with Gasteiger partial charge in [0.05, 0.1) is 0 Å². The molecule has 2 rings (SSSR count). The molecule has 1 saturated carbocycles. The maximum atomic E-state index is 9.92. The van der Waals surface area contributed by atoms with Gasteiger partial charge < -0.3 is 14.9 Å². The van der Waals surface area contributed by atoms with Crippen LogP contribution in [0.1, 0.15) is 51.4 Å². The van der Waals surface area contributed by atoms with Crippen LogP contribution in [-0.2, 0) is 0 Å². The Morgan fingerprint density at radius 1 is 1.10 bits per heavy atom. The first-order chi connectivity index (χ1) is 9.63. The molecule has 0 amide bonds. The zero-order valence-electron chi connectivity index (χ0n) is 13.6. The number of aliphatic hydroxyl groups excluding tert-OH is 1. The highest BCUT2D eigenvalue weighted by Crippen LogP contribution is 2.35. The Labute approximate surface area is 125 Å². The van der Waals surface area contributed by atoms with Crippen molar-refractivity contribution in [2.45, 2.75) is 51.4 Å². The molecule has 118 valence electrons. The van der Waals surface area contributed by atoms with E-state index in [1.807, 2.05) is 0 Å². The summed E-state index contributed by atoms with van der Waals surface area (Å²) in [5.41, 5.74) is 0.191. The van der Waals surface area contributed by atoms with Crippen molar-refractivity contribution in [1.82, 2.24) is 9.80 Å². The summed E-state index contributed by atoms with van der Waals surface area (Å²) in [6.07, 6.45) is 10.5. The van der Waals surface area contributed by atoms with E-state index in [2.05, 4.69) is 23.9 Å². The topological polar surface area (TPSA) is 26.7 Å². The fraction of sp³-hybridized carbons (Fsp3) is 1.00. The lowest BCUT2D eigenvalue weighted by atomic mass is 9.80. The van der Waals surface area contributed by atoms with Crippen LogP contribution in [-0.4, -0.2) is 61.8 Å². The highest BCUT2D eigenvalue weighted by Gasteiger charge is 2.32. The standard InChI is InChI=1S/C17H34N2O/c1-18-11-7-16(8-12-18)13-19(2)14-17(15-20)9-5-3-4-6-10-17/h16,20H,3-15H2,1-2H3. The van der Waals surface area contributed by atoms with Crippen molar-refractivity contribution in [2.75, 3.05) is 46.9 Å². The third-order valence-corrected chi connectivity index (χ3v) is 5.51. The minimum absolute atomic E-state index is 0.191. The van der Waals surface area contributed by atoms with Gasteiger partial charge in [-0.2, -0.15) is 0 Å². The molecule has 0 aromatic heterocycles. The predicted molar refractivity (Wildman–Crippen MR) is 84.9 cm³/mol. The van der Waals surface area contributed by atoms with Crippen LogP contribution in [0.5, 0.6) is 0 Å². The van der Waals surface area contributed by atoms with Gasteiger partial charge in [0.1, 0.15) is 0 Å². The normalized spacial score (nSPS) is 25.8. The first kappa shape index (κ1) is 16.3. The number of piperidine rings is 1. The van der Waals surface area contributed by atoms with Gasteiger partial charge in [-0.15, -0.1) is 0 Å². The lowest BCUT2D eigenvalue weighted by Crippen LogP contribution is -2.42. The number of aliphatic hydroxyl groups is 1. The Balaban J connectivity index is 1.80. The molecule has 20 heavy (non-hydrogen) atoms. The van der Waals surface area contributed by atoms with Gasteiger partial charge in [-0.3, -0.25) is 0 Å². The van der Waals surface area contributed by atoms with Crippen molar-refractivity contribution in [3.8, 4) is 0 Å². The van der Waals surface area contributed by atoms with E-state index in [1.54, 1.807) is 0 Å².